The summed E-state index contributed by atoms with van der Waals surface area (Å²) in [4.78, 5) is 17.5. The van der Waals surface area contributed by atoms with Crippen LogP contribution < -0.4 is 10.7 Å². The van der Waals surface area contributed by atoms with Crippen molar-refractivity contribution in [2.24, 2.45) is 0 Å². The minimum absolute atomic E-state index is 0.00874. The van der Waals surface area contributed by atoms with E-state index >= 15 is 0 Å². The Balaban J connectivity index is 1.64. The summed E-state index contributed by atoms with van der Waals surface area (Å²) in [6.07, 6.45) is 3.59. The SMILES string of the molecule is Cc1cc([C@@H](C)Nc2ccccc2-c2ccncc2)c2oc(-c3ccccc3)c(C)c(=O)c2c1. The maximum absolute atomic E-state index is 13.4. The van der Waals surface area contributed by atoms with E-state index in [-0.39, 0.29) is 11.5 Å². The first-order valence-corrected chi connectivity index (χ1v) is 11.4. The van der Waals surface area contributed by atoms with E-state index in [1.54, 1.807) is 12.4 Å². The number of para-hydroxylation sites is 1. The zero-order chi connectivity index (χ0) is 23.7. The molecule has 1 N–H and O–H groups in total. The van der Waals surface area contributed by atoms with Crippen LogP contribution in [-0.4, -0.2) is 4.98 Å². The maximum Gasteiger partial charge on any atom is 0.196 e. The predicted octanol–water partition coefficient (Wildman–Crippen LogP) is 7.31. The Bertz CT molecular complexity index is 1520. The van der Waals surface area contributed by atoms with Gasteiger partial charge in [0.1, 0.15) is 11.3 Å². The Labute approximate surface area is 198 Å². The molecule has 168 valence electrons. The van der Waals surface area contributed by atoms with Crippen LogP contribution in [0.25, 0.3) is 33.4 Å². The summed E-state index contributed by atoms with van der Waals surface area (Å²) in [6, 6.07) is 25.9. The van der Waals surface area contributed by atoms with E-state index in [1.807, 2.05) is 74.5 Å². The maximum atomic E-state index is 13.4. The summed E-state index contributed by atoms with van der Waals surface area (Å²) in [5.74, 6) is 0.618. The molecular weight excluding hydrogens is 420 g/mol. The van der Waals surface area contributed by atoms with E-state index < -0.39 is 0 Å². The number of anilines is 1. The largest absolute Gasteiger partial charge is 0.455 e. The van der Waals surface area contributed by atoms with E-state index in [0.717, 1.165) is 33.5 Å². The number of fused-ring (bicyclic) bond motifs is 1. The fraction of sp³-hybridized carbons (Fsp3) is 0.133. The molecule has 5 rings (SSSR count). The Kier molecular flexibility index (Phi) is 5.72. The molecule has 2 heterocycles. The lowest BCUT2D eigenvalue weighted by molar-refractivity contribution is 0.605. The lowest BCUT2D eigenvalue weighted by Crippen LogP contribution is -2.12. The second-order valence-corrected chi connectivity index (χ2v) is 8.63. The zero-order valence-corrected chi connectivity index (χ0v) is 19.5. The summed E-state index contributed by atoms with van der Waals surface area (Å²) in [7, 11) is 0. The Morgan fingerprint density at radius 3 is 2.32 bits per heavy atom. The second-order valence-electron chi connectivity index (χ2n) is 8.63. The van der Waals surface area contributed by atoms with Crippen LogP contribution >= 0.6 is 0 Å². The van der Waals surface area contributed by atoms with E-state index in [2.05, 4.69) is 35.4 Å². The van der Waals surface area contributed by atoms with Gasteiger partial charge >= 0.3 is 0 Å². The van der Waals surface area contributed by atoms with Crippen molar-refractivity contribution in [3.63, 3.8) is 0 Å². The van der Waals surface area contributed by atoms with Gasteiger partial charge in [0.25, 0.3) is 0 Å². The first kappa shape index (κ1) is 21.7. The van der Waals surface area contributed by atoms with Crippen LogP contribution in [-0.2, 0) is 0 Å². The molecule has 0 fully saturated rings. The van der Waals surface area contributed by atoms with Crippen LogP contribution in [0.4, 0.5) is 5.69 Å². The number of hydrogen-bond acceptors (Lipinski definition) is 4. The number of rotatable bonds is 5. The first-order chi connectivity index (χ1) is 16.5. The predicted molar refractivity (Wildman–Crippen MR) is 139 cm³/mol. The van der Waals surface area contributed by atoms with Crippen molar-refractivity contribution in [2.45, 2.75) is 26.8 Å². The fourth-order valence-electron chi connectivity index (χ4n) is 4.46. The number of aromatic nitrogens is 1. The van der Waals surface area contributed by atoms with Gasteiger partial charge in [0.15, 0.2) is 5.43 Å². The van der Waals surface area contributed by atoms with Crippen molar-refractivity contribution in [3.8, 4) is 22.5 Å². The Hall–Kier alpha value is -4.18. The molecule has 0 bridgehead atoms. The van der Waals surface area contributed by atoms with Crippen LogP contribution in [0.2, 0.25) is 0 Å². The van der Waals surface area contributed by atoms with Crippen molar-refractivity contribution in [1.82, 2.24) is 4.98 Å². The smallest absolute Gasteiger partial charge is 0.196 e. The molecule has 0 saturated carbocycles. The highest BCUT2D eigenvalue weighted by Crippen LogP contribution is 2.34. The molecule has 0 radical (unpaired) electrons. The number of nitrogens with one attached hydrogen (secondary N) is 1. The average molecular weight is 447 g/mol. The molecular formula is C30H26N2O2. The topological polar surface area (TPSA) is 55.1 Å². The molecule has 0 amide bonds. The van der Waals surface area contributed by atoms with Crippen LogP contribution in [0.1, 0.15) is 29.7 Å². The number of nitrogens with zero attached hydrogens (tertiary/aromatic N) is 1. The molecule has 0 unspecified atom stereocenters. The van der Waals surface area contributed by atoms with Gasteiger partial charge in [-0.2, -0.15) is 0 Å². The van der Waals surface area contributed by atoms with Gasteiger partial charge in [0.2, 0.25) is 0 Å². The van der Waals surface area contributed by atoms with Crippen LogP contribution in [0.3, 0.4) is 0 Å². The lowest BCUT2D eigenvalue weighted by Gasteiger charge is -2.21. The normalized spacial score (nSPS) is 12.0. The van der Waals surface area contributed by atoms with Crippen LogP contribution in [0.15, 0.2) is 100 Å². The number of pyridine rings is 1. The summed E-state index contributed by atoms with van der Waals surface area (Å²) in [6.45, 7) is 5.95. The molecule has 4 heteroatoms. The minimum atomic E-state index is -0.0973. The van der Waals surface area contributed by atoms with E-state index in [4.69, 9.17) is 4.42 Å². The molecule has 0 saturated heterocycles. The van der Waals surface area contributed by atoms with Crippen LogP contribution in [0, 0.1) is 13.8 Å². The van der Waals surface area contributed by atoms with E-state index in [9.17, 15) is 4.79 Å². The summed E-state index contributed by atoms with van der Waals surface area (Å²) in [5, 5.41) is 4.27. The van der Waals surface area contributed by atoms with Crippen molar-refractivity contribution in [3.05, 3.63) is 118 Å². The highest BCUT2D eigenvalue weighted by Gasteiger charge is 2.19. The molecule has 4 nitrogen and oxygen atoms in total. The zero-order valence-electron chi connectivity index (χ0n) is 19.5. The number of aryl methyl sites for hydroxylation is 1. The third kappa shape index (κ3) is 3.99. The number of benzene rings is 3. The van der Waals surface area contributed by atoms with Gasteiger partial charge in [0, 0.05) is 40.3 Å². The van der Waals surface area contributed by atoms with Gasteiger partial charge in [-0.05, 0) is 56.2 Å². The lowest BCUT2D eigenvalue weighted by atomic mass is 9.98. The molecule has 3 aromatic carbocycles. The fourth-order valence-corrected chi connectivity index (χ4v) is 4.46. The van der Waals surface area contributed by atoms with Gasteiger partial charge in [-0.15, -0.1) is 0 Å². The van der Waals surface area contributed by atoms with Gasteiger partial charge in [-0.3, -0.25) is 9.78 Å². The minimum Gasteiger partial charge on any atom is -0.455 e. The quantitative estimate of drug-likeness (QED) is 0.307. The van der Waals surface area contributed by atoms with Gasteiger partial charge in [0.05, 0.1) is 11.4 Å². The Morgan fingerprint density at radius 2 is 1.56 bits per heavy atom. The summed E-state index contributed by atoms with van der Waals surface area (Å²) >= 11 is 0. The third-order valence-corrected chi connectivity index (χ3v) is 6.18. The summed E-state index contributed by atoms with van der Waals surface area (Å²) < 4.78 is 6.47. The van der Waals surface area contributed by atoms with E-state index in [0.29, 0.717) is 22.3 Å². The molecule has 1 atom stereocenters. The van der Waals surface area contributed by atoms with Gasteiger partial charge in [-0.1, -0.05) is 54.6 Å². The molecule has 5 aromatic rings. The molecule has 0 aliphatic heterocycles. The van der Waals surface area contributed by atoms with Crippen LogP contribution in [0.5, 0.6) is 0 Å². The van der Waals surface area contributed by atoms with Crippen molar-refractivity contribution in [1.29, 1.82) is 0 Å². The van der Waals surface area contributed by atoms with Crippen molar-refractivity contribution < 1.29 is 4.42 Å². The molecule has 0 aliphatic rings. The van der Waals surface area contributed by atoms with Crippen molar-refractivity contribution >= 4 is 16.7 Å². The van der Waals surface area contributed by atoms with E-state index in [1.165, 1.54) is 0 Å². The monoisotopic (exact) mass is 446 g/mol. The van der Waals surface area contributed by atoms with Gasteiger partial charge in [-0.25, -0.2) is 0 Å². The van der Waals surface area contributed by atoms with Crippen molar-refractivity contribution in [2.75, 3.05) is 5.32 Å². The third-order valence-electron chi connectivity index (χ3n) is 6.18. The second kappa shape index (κ2) is 8.99. The first-order valence-electron chi connectivity index (χ1n) is 11.4. The number of hydrogen-bond donors (Lipinski definition) is 1. The molecule has 0 aliphatic carbocycles. The standard InChI is InChI=1S/C30H26N2O2/c1-19-17-25(21(3)32-27-12-8-7-11-24(27)22-13-15-31-16-14-22)30-26(18-19)28(33)20(2)29(34-30)23-9-5-4-6-10-23/h4-18,21,32H,1-3H3/t21-/m1/s1. The molecule has 34 heavy (non-hydrogen) atoms. The molecule has 2 aromatic heterocycles. The average Bonchev–Trinajstić information content (AvgIpc) is 2.87. The highest BCUT2D eigenvalue weighted by atomic mass is 16.3. The Morgan fingerprint density at radius 1 is 0.853 bits per heavy atom. The summed E-state index contributed by atoms with van der Waals surface area (Å²) in [5.41, 5.74) is 7.33. The molecule has 0 spiro atoms. The highest BCUT2D eigenvalue weighted by molar-refractivity contribution is 5.85. The van der Waals surface area contributed by atoms with Gasteiger partial charge < -0.3 is 9.73 Å².